The zero-order valence-corrected chi connectivity index (χ0v) is 17.6. The number of benzene rings is 2. The second kappa shape index (κ2) is 10.3. The Kier molecular flexibility index (Phi) is 7.03. The number of carbonyl (C=O) groups is 2. The summed E-state index contributed by atoms with van der Waals surface area (Å²) >= 11 is 1.48. The van der Waals surface area contributed by atoms with Crippen molar-refractivity contribution in [3.63, 3.8) is 0 Å². The van der Waals surface area contributed by atoms with E-state index in [1.165, 1.54) is 11.8 Å². The Bertz CT molecular complexity index is 870. The van der Waals surface area contributed by atoms with Crippen LogP contribution in [0.2, 0.25) is 0 Å². The van der Waals surface area contributed by atoms with Gasteiger partial charge >= 0.3 is 11.9 Å². The van der Waals surface area contributed by atoms with Crippen LogP contribution in [-0.4, -0.2) is 49.9 Å². The number of para-hydroxylation sites is 2. The molecule has 8 nitrogen and oxygen atoms in total. The largest absolute Gasteiger partial charge is 0.486 e. The molecule has 0 spiro atoms. The second-order valence-corrected chi connectivity index (χ2v) is 7.85. The predicted octanol–water partition coefficient (Wildman–Crippen LogP) is 3.25. The van der Waals surface area contributed by atoms with Crippen molar-refractivity contribution < 1.29 is 38.0 Å². The third kappa shape index (κ3) is 5.55. The fraction of sp³-hybridized carbons (Fsp3) is 0.364. The summed E-state index contributed by atoms with van der Waals surface area (Å²) in [6.07, 6.45) is 0.420. The number of hydrogen-bond acceptors (Lipinski definition) is 9. The molecule has 2 heterocycles. The van der Waals surface area contributed by atoms with E-state index >= 15 is 0 Å². The average molecular weight is 446 g/mol. The van der Waals surface area contributed by atoms with Crippen LogP contribution in [0.15, 0.2) is 36.4 Å². The molecule has 0 aliphatic carbocycles. The molecule has 0 fully saturated rings. The Balaban J connectivity index is 1.16. The van der Waals surface area contributed by atoms with Gasteiger partial charge in [0, 0.05) is 11.5 Å². The van der Waals surface area contributed by atoms with E-state index in [-0.39, 0.29) is 24.8 Å². The Labute approximate surface area is 183 Å². The van der Waals surface area contributed by atoms with Crippen LogP contribution in [0, 0.1) is 0 Å². The predicted molar refractivity (Wildman–Crippen MR) is 113 cm³/mol. The maximum Gasteiger partial charge on any atom is 0.312 e. The highest BCUT2D eigenvalue weighted by Gasteiger charge is 2.20. The summed E-state index contributed by atoms with van der Waals surface area (Å²) in [7, 11) is 0. The van der Waals surface area contributed by atoms with E-state index in [2.05, 4.69) is 0 Å². The maximum atomic E-state index is 12.1. The fourth-order valence-electron chi connectivity index (χ4n) is 3.02. The van der Waals surface area contributed by atoms with Gasteiger partial charge in [-0.2, -0.15) is 11.8 Å². The highest BCUT2D eigenvalue weighted by Crippen LogP contribution is 2.40. The Morgan fingerprint density at radius 2 is 1.16 bits per heavy atom. The molecule has 2 aromatic carbocycles. The molecule has 31 heavy (non-hydrogen) atoms. The molecule has 0 radical (unpaired) electrons. The molecule has 0 bridgehead atoms. The first-order valence-electron chi connectivity index (χ1n) is 9.97. The summed E-state index contributed by atoms with van der Waals surface area (Å²) in [5.41, 5.74) is 0. The summed E-state index contributed by atoms with van der Waals surface area (Å²) in [6, 6.07) is 10.4. The lowest BCUT2D eigenvalue weighted by atomic mass is 10.3. The van der Waals surface area contributed by atoms with Crippen LogP contribution in [0.4, 0.5) is 0 Å². The van der Waals surface area contributed by atoms with Gasteiger partial charge in [0.25, 0.3) is 0 Å². The molecular weight excluding hydrogens is 424 g/mol. The molecule has 0 amide bonds. The third-order valence-electron chi connectivity index (χ3n) is 4.41. The molecule has 0 unspecified atom stereocenters. The molecule has 0 N–H and O–H groups in total. The maximum absolute atomic E-state index is 12.1. The molecule has 2 aliphatic heterocycles. The SMILES string of the molecule is O=C(CCSCCC(=O)Oc1cccc2c1OCCO2)Oc1cccc2c1OCCO2. The highest BCUT2D eigenvalue weighted by molar-refractivity contribution is 7.99. The molecule has 0 atom stereocenters. The van der Waals surface area contributed by atoms with Crippen molar-refractivity contribution in [1.82, 2.24) is 0 Å². The standard InChI is InChI=1S/C22H22O8S/c23-19(29-17-5-1-3-15-21(17)27-11-9-25-15)7-13-31-14-8-20(24)30-18-6-2-4-16-22(18)28-12-10-26-16/h1-6H,7-14H2. The fourth-order valence-corrected chi connectivity index (χ4v) is 3.84. The molecule has 9 heteroatoms. The minimum Gasteiger partial charge on any atom is -0.486 e. The van der Waals surface area contributed by atoms with Gasteiger partial charge in [-0.15, -0.1) is 0 Å². The molecule has 2 aliphatic rings. The topological polar surface area (TPSA) is 89.5 Å². The lowest BCUT2D eigenvalue weighted by molar-refractivity contribution is -0.134. The summed E-state index contributed by atoms with van der Waals surface area (Å²) in [5.74, 6) is 3.07. The van der Waals surface area contributed by atoms with Crippen molar-refractivity contribution in [1.29, 1.82) is 0 Å². The zero-order chi connectivity index (χ0) is 21.5. The van der Waals surface area contributed by atoms with Crippen LogP contribution in [0.3, 0.4) is 0 Å². The van der Waals surface area contributed by atoms with E-state index in [1.54, 1.807) is 36.4 Å². The molecule has 0 saturated heterocycles. The number of thioether (sulfide) groups is 1. The molecule has 0 aromatic heterocycles. The number of rotatable bonds is 8. The van der Waals surface area contributed by atoms with Gasteiger partial charge in [-0.05, 0) is 24.3 Å². The summed E-state index contributed by atoms with van der Waals surface area (Å²) in [5, 5.41) is 0. The van der Waals surface area contributed by atoms with Gasteiger partial charge in [0.05, 0.1) is 12.8 Å². The summed E-state index contributed by atoms with van der Waals surface area (Å²) < 4.78 is 32.8. The van der Waals surface area contributed by atoms with Gasteiger partial charge in [-0.3, -0.25) is 9.59 Å². The van der Waals surface area contributed by atoms with E-state index in [9.17, 15) is 9.59 Å². The lowest BCUT2D eigenvalue weighted by Gasteiger charge is -2.20. The minimum atomic E-state index is -0.370. The summed E-state index contributed by atoms with van der Waals surface area (Å²) in [6.45, 7) is 1.77. The van der Waals surface area contributed by atoms with Crippen LogP contribution in [-0.2, 0) is 9.59 Å². The van der Waals surface area contributed by atoms with Crippen LogP contribution in [0.1, 0.15) is 12.8 Å². The molecule has 164 valence electrons. The first-order valence-corrected chi connectivity index (χ1v) is 11.1. The normalized spacial score (nSPS) is 13.9. The van der Waals surface area contributed by atoms with Crippen LogP contribution >= 0.6 is 11.8 Å². The number of fused-ring (bicyclic) bond motifs is 2. The first kappa shape index (κ1) is 21.2. The Morgan fingerprint density at radius 3 is 1.65 bits per heavy atom. The Hall–Kier alpha value is -3.07. The van der Waals surface area contributed by atoms with E-state index in [4.69, 9.17) is 28.4 Å². The minimum absolute atomic E-state index is 0.210. The van der Waals surface area contributed by atoms with Crippen molar-refractivity contribution in [3.05, 3.63) is 36.4 Å². The molecule has 2 aromatic rings. The van der Waals surface area contributed by atoms with E-state index in [0.717, 1.165) is 0 Å². The molecule has 0 saturated carbocycles. The molecular formula is C22H22O8S. The van der Waals surface area contributed by atoms with Crippen LogP contribution in [0.25, 0.3) is 0 Å². The monoisotopic (exact) mass is 446 g/mol. The van der Waals surface area contributed by atoms with Crippen molar-refractivity contribution >= 4 is 23.7 Å². The Morgan fingerprint density at radius 1 is 0.710 bits per heavy atom. The highest BCUT2D eigenvalue weighted by atomic mass is 32.2. The van der Waals surface area contributed by atoms with E-state index < -0.39 is 0 Å². The average Bonchev–Trinajstić information content (AvgIpc) is 2.79. The first-order chi connectivity index (χ1) is 15.2. The zero-order valence-electron chi connectivity index (χ0n) is 16.8. The summed E-state index contributed by atoms with van der Waals surface area (Å²) in [4.78, 5) is 24.2. The van der Waals surface area contributed by atoms with Gasteiger partial charge in [-0.1, -0.05) is 12.1 Å². The quantitative estimate of drug-likeness (QED) is 0.344. The van der Waals surface area contributed by atoms with Gasteiger partial charge in [0.2, 0.25) is 11.5 Å². The van der Waals surface area contributed by atoms with Crippen LogP contribution in [0.5, 0.6) is 34.5 Å². The molecule has 4 rings (SSSR count). The number of ether oxygens (including phenoxy) is 6. The van der Waals surface area contributed by atoms with Crippen LogP contribution < -0.4 is 28.4 Å². The van der Waals surface area contributed by atoms with E-state index in [0.29, 0.717) is 72.4 Å². The number of carbonyl (C=O) groups excluding carboxylic acids is 2. The van der Waals surface area contributed by atoms with Crippen molar-refractivity contribution in [2.24, 2.45) is 0 Å². The van der Waals surface area contributed by atoms with Crippen molar-refractivity contribution in [2.75, 3.05) is 37.9 Å². The van der Waals surface area contributed by atoms with Gasteiger partial charge in [-0.25, -0.2) is 0 Å². The lowest BCUT2D eigenvalue weighted by Crippen LogP contribution is -2.17. The second-order valence-electron chi connectivity index (χ2n) is 6.62. The van der Waals surface area contributed by atoms with Gasteiger partial charge < -0.3 is 28.4 Å². The van der Waals surface area contributed by atoms with Crippen molar-refractivity contribution in [2.45, 2.75) is 12.8 Å². The smallest absolute Gasteiger partial charge is 0.312 e. The van der Waals surface area contributed by atoms with Gasteiger partial charge in [0.15, 0.2) is 23.0 Å². The van der Waals surface area contributed by atoms with E-state index in [1.807, 2.05) is 0 Å². The number of esters is 2. The van der Waals surface area contributed by atoms with Gasteiger partial charge in [0.1, 0.15) is 26.4 Å². The third-order valence-corrected chi connectivity index (χ3v) is 5.39. The van der Waals surface area contributed by atoms with Crippen molar-refractivity contribution in [3.8, 4) is 34.5 Å². The number of hydrogen-bond donors (Lipinski definition) is 0.